The van der Waals surface area contributed by atoms with E-state index in [1.165, 1.54) is 44.3 Å². The Labute approximate surface area is 123 Å². The normalized spacial score (nSPS) is 19.9. The van der Waals surface area contributed by atoms with Crippen LogP contribution >= 0.6 is 0 Å². The van der Waals surface area contributed by atoms with Crippen molar-refractivity contribution in [3.63, 3.8) is 0 Å². The summed E-state index contributed by atoms with van der Waals surface area (Å²) < 4.78 is 5.71. The van der Waals surface area contributed by atoms with Crippen LogP contribution in [0.1, 0.15) is 57.8 Å². The molecule has 20 heavy (non-hydrogen) atoms. The molecular weight excluding hydrogens is 248 g/mol. The fraction of sp³-hybridized carbons (Fsp3) is 0.765. The Morgan fingerprint density at radius 3 is 2.95 bits per heavy atom. The Kier molecular flexibility index (Phi) is 5.67. The molecular formula is C17H30N2O. The third-order valence-corrected chi connectivity index (χ3v) is 4.28. The lowest BCUT2D eigenvalue weighted by atomic mass is 9.85. The summed E-state index contributed by atoms with van der Waals surface area (Å²) in [6.45, 7) is 12.3. The highest BCUT2D eigenvalue weighted by Gasteiger charge is 2.23. The maximum absolute atomic E-state index is 5.71. The minimum atomic E-state index is 0.507. The van der Waals surface area contributed by atoms with Gasteiger partial charge in [-0.25, -0.2) is 0 Å². The van der Waals surface area contributed by atoms with Crippen molar-refractivity contribution in [1.29, 1.82) is 0 Å². The highest BCUT2D eigenvalue weighted by Crippen LogP contribution is 2.30. The Morgan fingerprint density at radius 2 is 2.15 bits per heavy atom. The van der Waals surface area contributed by atoms with Gasteiger partial charge in [0.1, 0.15) is 5.76 Å². The van der Waals surface area contributed by atoms with Crippen LogP contribution in [0.4, 0.5) is 0 Å². The van der Waals surface area contributed by atoms with Crippen LogP contribution in [0.3, 0.4) is 0 Å². The lowest BCUT2D eigenvalue weighted by Crippen LogP contribution is -2.24. The lowest BCUT2D eigenvalue weighted by molar-refractivity contribution is 0.238. The maximum Gasteiger partial charge on any atom is 0.118 e. The average Bonchev–Trinajstić information content (AvgIpc) is 2.76. The predicted molar refractivity (Wildman–Crippen MR) is 83.6 cm³/mol. The molecule has 1 saturated heterocycles. The Balaban J connectivity index is 1.81. The van der Waals surface area contributed by atoms with Crippen LogP contribution in [0, 0.1) is 5.41 Å². The fourth-order valence-electron chi connectivity index (χ4n) is 2.87. The first kappa shape index (κ1) is 15.6. The summed E-state index contributed by atoms with van der Waals surface area (Å²) in [5, 5.41) is 3.42. The first-order valence-electron chi connectivity index (χ1n) is 8.08. The number of rotatable bonds is 6. The van der Waals surface area contributed by atoms with Gasteiger partial charge in [-0.15, -0.1) is 0 Å². The molecule has 1 aromatic heterocycles. The zero-order valence-electron chi connectivity index (χ0n) is 13.4. The average molecular weight is 278 g/mol. The molecule has 0 aliphatic carbocycles. The largest absolute Gasteiger partial charge is 0.468 e. The molecule has 0 spiro atoms. The van der Waals surface area contributed by atoms with Crippen LogP contribution in [-0.4, -0.2) is 24.5 Å². The minimum absolute atomic E-state index is 0.507. The summed E-state index contributed by atoms with van der Waals surface area (Å²) in [6.07, 6.45) is 7.01. The van der Waals surface area contributed by atoms with Crippen molar-refractivity contribution in [1.82, 2.24) is 10.2 Å². The van der Waals surface area contributed by atoms with Crippen molar-refractivity contribution in [3.8, 4) is 0 Å². The summed E-state index contributed by atoms with van der Waals surface area (Å²) in [5.41, 5.74) is 1.77. The number of hydrogen-bond acceptors (Lipinski definition) is 3. The predicted octanol–water partition coefficient (Wildman–Crippen LogP) is 3.79. The Bertz CT molecular complexity index is 397. The molecule has 0 saturated carbocycles. The van der Waals surface area contributed by atoms with Gasteiger partial charge in [0.2, 0.25) is 0 Å². The monoisotopic (exact) mass is 278 g/mol. The minimum Gasteiger partial charge on any atom is -0.468 e. The van der Waals surface area contributed by atoms with Gasteiger partial charge >= 0.3 is 0 Å². The topological polar surface area (TPSA) is 28.4 Å². The second-order valence-corrected chi connectivity index (χ2v) is 6.89. The van der Waals surface area contributed by atoms with E-state index in [1.807, 2.05) is 6.26 Å². The highest BCUT2D eigenvalue weighted by atomic mass is 16.3. The van der Waals surface area contributed by atoms with Crippen LogP contribution < -0.4 is 5.32 Å². The van der Waals surface area contributed by atoms with Gasteiger partial charge in [0.25, 0.3) is 0 Å². The Hall–Kier alpha value is -0.800. The zero-order valence-corrected chi connectivity index (χ0v) is 13.4. The molecule has 0 aromatic carbocycles. The van der Waals surface area contributed by atoms with E-state index in [-0.39, 0.29) is 0 Å². The van der Waals surface area contributed by atoms with Crippen molar-refractivity contribution in [3.05, 3.63) is 23.7 Å². The van der Waals surface area contributed by atoms with Gasteiger partial charge in [-0.2, -0.15) is 0 Å². The van der Waals surface area contributed by atoms with Gasteiger partial charge in [0.05, 0.1) is 12.8 Å². The van der Waals surface area contributed by atoms with Gasteiger partial charge in [0, 0.05) is 12.1 Å². The molecule has 0 amide bonds. The van der Waals surface area contributed by atoms with E-state index in [0.717, 1.165) is 25.4 Å². The molecule has 114 valence electrons. The highest BCUT2D eigenvalue weighted by molar-refractivity contribution is 5.12. The van der Waals surface area contributed by atoms with Crippen molar-refractivity contribution < 1.29 is 4.42 Å². The van der Waals surface area contributed by atoms with Crippen LogP contribution in [0.15, 0.2) is 16.7 Å². The molecule has 3 heteroatoms. The fourth-order valence-corrected chi connectivity index (χ4v) is 2.87. The van der Waals surface area contributed by atoms with E-state index in [4.69, 9.17) is 4.42 Å². The molecule has 1 aromatic rings. The summed E-state index contributed by atoms with van der Waals surface area (Å²) in [5.74, 6) is 1.11. The van der Waals surface area contributed by atoms with E-state index in [2.05, 4.69) is 37.1 Å². The molecule has 2 rings (SSSR count). The second-order valence-electron chi connectivity index (χ2n) is 6.89. The van der Waals surface area contributed by atoms with Crippen molar-refractivity contribution in [2.75, 3.05) is 19.6 Å². The van der Waals surface area contributed by atoms with E-state index < -0.39 is 0 Å². The van der Waals surface area contributed by atoms with Gasteiger partial charge in [0.15, 0.2) is 0 Å². The molecule has 3 nitrogen and oxygen atoms in total. The molecule has 0 atom stereocenters. The SMILES string of the molecule is CCCNCc1coc(CN2CCCC(C)(C)CC2)c1. The smallest absolute Gasteiger partial charge is 0.118 e. The third kappa shape index (κ3) is 4.95. The summed E-state index contributed by atoms with van der Waals surface area (Å²) in [4.78, 5) is 2.54. The van der Waals surface area contributed by atoms with E-state index >= 15 is 0 Å². The maximum atomic E-state index is 5.71. The molecule has 1 aliphatic heterocycles. The van der Waals surface area contributed by atoms with Crippen LogP contribution in [0.25, 0.3) is 0 Å². The van der Waals surface area contributed by atoms with Crippen LogP contribution in [0.2, 0.25) is 0 Å². The number of hydrogen-bond donors (Lipinski definition) is 1. The number of likely N-dealkylation sites (tertiary alicyclic amines) is 1. The molecule has 0 unspecified atom stereocenters. The van der Waals surface area contributed by atoms with Crippen molar-refractivity contribution in [2.45, 2.75) is 59.5 Å². The second kappa shape index (κ2) is 7.28. The van der Waals surface area contributed by atoms with Gasteiger partial charge < -0.3 is 9.73 Å². The van der Waals surface area contributed by atoms with Crippen molar-refractivity contribution >= 4 is 0 Å². The Morgan fingerprint density at radius 1 is 1.30 bits per heavy atom. The number of furan rings is 1. The third-order valence-electron chi connectivity index (χ3n) is 4.28. The standard InChI is InChI=1S/C17H30N2O/c1-4-8-18-12-15-11-16(20-14-15)13-19-9-5-6-17(2,3)7-10-19/h11,14,18H,4-10,12-13H2,1-3H3. The molecule has 1 N–H and O–H groups in total. The first-order valence-corrected chi connectivity index (χ1v) is 8.08. The molecule has 1 fully saturated rings. The van der Waals surface area contributed by atoms with Gasteiger partial charge in [-0.05, 0) is 56.8 Å². The first-order chi connectivity index (χ1) is 9.59. The van der Waals surface area contributed by atoms with E-state index in [9.17, 15) is 0 Å². The summed E-state index contributed by atoms with van der Waals surface area (Å²) >= 11 is 0. The lowest BCUT2D eigenvalue weighted by Gasteiger charge is -2.22. The number of nitrogens with one attached hydrogen (secondary N) is 1. The molecule has 1 aliphatic rings. The zero-order chi connectivity index (χ0) is 14.4. The van der Waals surface area contributed by atoms with E-state index in [1.54, 1.807) is 0 Å². The van der Waals surface area contributed by atoms with Gasteiger partial charge in [-0.1, -0.05) is 20.8 Å². The van der Waals surface area contributed by atoms with Crippen LogP contribution in [-0.2, 0) is 13.1 Å². The van der Waals surface area contributed by atoms with Gasteiger partial charge in [-0.3, -0.25) is 4.90 Å². The van der Waals surface area contributed by atoms with Crippen molar-refractivity contribution in [2.24, 2.45) is 5.41 Å². The summed E-state index contributed by atoms with van der Waals surface area (Å²) in [6, 6.07) is 2.21. The number of nitrogens with zero attached hydrogens (tertiary/aromatic N) is 1. The van der Waals surface area contributed by atoms with E-state index in [0.29, 0.717) is 5.41 Å². The van der Waals surface area contributed by atoms with Crippen LogP contribution in [0.5, 0.6) is 0 Å². The molecule has 2 heterocycles. The summed E-state index contributed by atoms with van der Waals surface area (Å²) in [7, 11) is 0. The quantitative estimate of drug-likeness (QED) is 0.803. The molecule has 0 radical (unpaired) electrons. The molecule has 0 bridgehead atoms.